The number of amides is 2. The number of carbonyl (C=O) groups excluding carboxylic acids is 2. The van der Waals surface area contributed by atoms with Crippen LogP contribution in [0.2, 0.25) is 0 Å². The van der Waals surface area contributed by atoms with Gasteiger partial charge in [0.2, 0.25) is 0 Å². The standard InChI is InChI=1S/C40H78N2O4/c1-8-12-16-18-20-22-26-34(24-14-10-3)30-45-37(43)41-33-40(7)29-36(28-39(5,6)32-40)42-38(44)46-31-35(25-15-11-4)27-23-21-19-17-13-9-2/h34-36H,8-33H2,1-7H3,(H,41,43)(H,42,44). The molecule has 0 spiro atoms. The molecule has 6 nitrogen and oxygen atoms in total. The lowest BCUT2D eigenvalue weighted by molar-refractivity contribution is 0.0582. The van der Waals surface area contributed by atoms with Gasteiger partial charge in [0, 0.05) is 12.6 Å². The first-order valence-electron chi connectivity index (χ1n) is 19.9. The maximum atomic E-state index is 13.0. The van der Waals surface area contributed by atoms with Crippen LogP contribution in [-0.2, 0) is 9.47 Å². The van der Waals surface area contributed by atoms with Gasteiger partial charge in [0.15, 0.2) is 0 Å². The molecule has 0 aromatic carbocycles. The van der Waals surface area contributed by atoms with E-state index < -0.39 is 0 Å². The van der Waals surface area contributed by atoms with Gasteiger partial charge < -0.3 is 20.1 Å². The van der Waals surface area contributed by atoms with Crippen molar-refractivity contribution in [1.82, 2.24) is 10.6 Å². The monoisotopic (exact) mass is 651 g/mol. The van der Waals surface area contributed by atoms with Crippen LogP contribution in [0.15, 0.2) is 0 Å². The number of ether oxygens (including phenoxy) is 2. The number of unbranched alkanes of at least 4 members (excludes halogenated alkanes) is 12. The smallest absolute Gasteiger partial charge is 0.407 e. The van der Waals surface area contributed by atoms with E-state index in [0.29, 0.717) is 31.6 Å². The second kappa shape index (κ2) is 25.5. The van der Waals surface area contributed by atoms with Gasteiger partial charge in [0.25, 0.3) is 0 Å². The van der Waals surface area contributed by atoms with Crippen LogP contribution >= 0.6 is 0 Å². The van der Waals surface area contributed by atoms with Crippen LogP contribution in [0, 0.1) is 22.7 Å². The van der Waals surface area contributed by atoms with E-state index in [4.69, 9.17) is 9.47 Å². The van der Waals surface area contributed by atoms with E-state index in [0.717, 1.165) is 44.9 Å². The lowest BCUT2D eigenvalue weighted by atomic mass is 9.62. The zero-order valence-corrected chi connectivity index (χ0v) is 31.7. The van der Waals surface area contributed by atoms with Crippen molar-refractivity contribution in [3.05, 3.63) is 0 Å². The average Bonchev–Trinajstić information content (AvgIpc) is 3.00. The first-order valence-corrected chi connectivity index (χ1v) is 19.9. The molecule has 0 aliphatic heterocycles. The van der Waals surface area contributed by atoms with Crippen LogP contribution in [0.5, 0.6) is 0 Å². The summed E-state index contributed by atoms with van der Waals surface area (Å²) in [6.07, 6.45) is 27.0. The third kappa shape index (κ3) is 21.4. The van der Waals surface area contributed by atoms with Crippen molar-refractivity contribution in [2.45, 2.75) is 202 Å². The number of hydrogen-bond donors (Lipinski definition) is 2. The molecular weight excluding hydrogens is 572 g/mol. The Kier molecular flexibility index (Phi) is 23.6. The number of nitrogens with one attached hydrogen (secondary N) is 2. The summed E-state index contributed by atoms with van der Waals surface area (Å²) in [7, 11) is 0. The molecule has 1 fully saturated rings. The van der Waals surface area contributed by atoms with E-state index in [1.807, 2.05) is 0 Å². The maximum absolute atomic E-state index is 13.0. The Hall–Kier alpha value is -1.46. The lowest BCUT2D eigenvalue weighted by Crippen LogP contribution is -2.50. The molecule has 0 aromatic rings. The van der Waals surface area contributed by atoms with Crippen molar-refractivity contribution < 1.29 is 19.1 Å². The summed E-state index contributed by atoms with van der Waals surface area (Å²) in [6.45, 7) is 17.3. The molecule has 1 saturated carbocycles. The molecule has 272 valence electrons. The summed E-state index contributed by atoms with van der Waals surface area (Å²) in [5.74, 6) is 0.903. The molecule has 2 amide bonds. The van der Waals surface area contributed by atoms with Gasteiger partial charge in [-0.25, -0.2) is 9.59 Å². The largest absolute Gasteiger partial charge is 0.449 e. The molecule has 0 heterocycles. The van der Waals surface area contributed by atoms with Crippen LogP contribution in [0.25, 0.3) is 0 Å². The van der Waals surface area contributed by atoms with Crippen LogP contribution < -0.4 is 10.6 Å². The van der Waals surface area contributed by atoms with Gasteiger partial charge in [-0.05, 0) is 67.6 Å². The van der Waals surface area contributed by atoms with E-state index in [9.17, 15) is 9.59 Å². The minimum absolute atomic E-state index is 0.0301. The van der Waals surface area contributed by atoms with E-state index in [-0.39, 0.29) is 29.1 Å². The van der Waals surface area contributed by atoms with Gasteiger partial charge >= 0.3 is 12.2 Å². The second-order valence-electron chi connectivity index (χ2n) is 16.1. The maximum Gasteiger partial charge on any atom is 0.407 e. The van der Waals surface area contributed by atoms with Gasteiger partial charge in [0.1, 0.15) is 0 Å². The molecule has 0 radical (unpaired) electrons. The van der Waals surface area contributed by atoms with Crippen LogP contribution in [0.1, 0.15) is 196 Å². The molecule has 4 unspecified atom stereocenters. The van der Waals surface area contributed by atoms with Crippen molar-refractivity contribution in [2.75, 3.05) is 19.8 Å². The minimum Gasteiger partial charge on any atom is -0.449 e. The topological polar surface area (TPSA) is 76.7 Å². The number of alkyl carbamates (subject to hydrolysis) is 2. The molecule has 4 atom stereocenters. The van der Waals surface area contributed by atoms with Crippen molar-refractivity contribution >= 4 is 12.2 Å². The average molecular weight is 651 g/mol. The number of carbonyl (C=O) groups is 2. The third-order valence-corrected chi connectivity index (χ3v) is 10.2. The normalized spacial score (nSPS) is 20.5. The molecule has 6 heteroatoms. The lowest BCUT2D eigenvalue weighted by Gasteiger charge is -2.46. The Labute approximate surface area is 286 Å². The highest BCUT2D eigenvalue weighted by atomic mass is 16.6. The Morgan fingerprint density at radius 1 is 0.609 bits per heavy atom. The molecule has 1 aliphatic carbocycles. The second-order valence-corrected chi connectivity index (χ2v) is 16.1. The highest BCUT2D eigenvalue weighted by Crippen LogP contribution is 2.45. The van der Waals surface area contributed by atoms with Crippen LogP contribution in [0.3, 0.4) is 0 Å². The SMILES string of the molecule is CCCCCCCCC(CCCC)COC(=O)NCC1(C)CC(NC(=O)OCC(CCCC)CCCCCCCC)CC(C)(C)C1. The fourth-order valence-corrected chi connectivity index (χ4v) is 7.84. The molecule has 46 heavy (non-hydrogen) atoms. The van der Waals surface area contributed by atoms with E-state index in [1.165, 1.54) is 103 Å². The van der Waals surface area contributed by atoms with Crippen molar-refractivity contribution in [1.29, 1.82) is 0 Å². The third-order valence-electron chi connectivity index (χ3n) is 10.2. The van der Waals surface area contributed by atoms with Crippen molar-refractivity contribution in [3.8, 4) is 0 Å². The van der Waals surface area contributed by atoms with Gasteiger partial charge in [0.05, 0.1) is 13.2 Å². The van der Waals surface area contributed by atoms with Gasteiger partial charge in [-0.15, -0.1) is 0 Å². The summed E-state index contributed by atoms with van der Waals surface area (Å²) in [6, 6.07) is 0.0301. The predicted molar refractivity (Wildman–Crippen MR) is 195 cm³/mol. The van der Waals surface area contributed by atoms with E-state index in [2.05, 4.69) is 59.1 Å². The summed E-state index contributed by atoms with van der Waals surface area (Å²) >= 11 is 0. The zero-order valence-electron chi connectivity index (χ0n) is 31.7. The Morgan fingerprint density at radius 2 is 1.04 bits per heavy atom. The molecule has 0 saturated heterocycles. The van der Waals surface area contributed by atoms with Gasteiger partial charge in [-0.2, -0.15) is 0 Å². The molecule has 0 bridgehead atoms. The summed E-state index contributed by atoms with van der Waals surface area (Å²) in [5, 5.41) is 6.31. The summed E-state index contributed by atoms with van der Waals surface area (Å²) in [5.41, 5.74) is -0.0688. The first kappa shape index (κ1) is 42.6. The molecular formula is C40H78N2O4. The minimum atomic E-state index is -0.304. The van der Waals surface area contributed by atoms with Crippen LogP contribution in [0.4, 0.5) is 9.59 Å². The van der Waals surface area contributed by atoms with E-state index >= 15 is 0 Å². The molecule has 1 rings (SSSR count). The number of rotatable bonds is 27. The number of hydrogen-bond acceptors (Lipinski definition) is 4. The quantitative estimate of drug-likeness (QED) is 0.0867. The molecule has 1 aliphatic rings. The fraction of sp³-hybridized carbons (Fsp3) is 0.950. The summed E-state index contributed by atoms with van der Waals surface area (Å²) < 4.78 is 11.6. The Balaban J connectivity index is 2.54. The molecule has 0 aromatic heterocycles. The Bertz CT molecular complexity index is 772. The van der Waals surface area contributed by atoms with Crippen LogP contribution in [-0.4, -0.2) is 38.0 Å². The Morgan fingerprint density at radius 3 is 1.54 bits per heavy atom. The van der Waals surface area contributed by atoms with E-state index in [1.54, 1.807) is 0 Å². The predicted octanol–water partition coefficient (Wildman–Crippen LogP) is 12.1. The summed E-state index contributed by atoms with van der Waals surface area (Å²) in [4.78, 5) is 25.8. The van der Waals surface area contributed by atoms with Crippen molar-refractivity contribution in [3.63, 3.8) is 0 Å². The highest BCUT2D eigenvalue weighted by Gasteiger charge is 2.42. The van der Waals surface area contributed by atoms with Gasteiger partial charge in [-0.3, -0.25) is 0 Å². The highest BCUT2D eigenvalue weighted by molar-refractivity contribution is 5.68. The zero-order chi connectivity index (χ0) is 34.1. The van der Waals surface area contributed by atoms with Crippen molar-refractivity contribution in [2.24, 2.45) is 22.7 Å². The fourth-order valence-electron chi connectivity index (χ4n) is 7.84. The van der Waals surface area contributed by atoms with Gasteiger partial charge in [-0.1, -0.05) is 151 Å². The first-order chi connectivity index (χ1) is 22.1. The molecule has 2 N–H and O–H groups in total.